The predicted octanol–water partition coefficient (Wildman–Crippen LogP) is 2.89. The second kappa shape index (κ2) is 6.36. The fourth-order valence-electron chi connectivity index (χ4n) is 1.93. The van der Waals surface area contributed by atoms with Crippen molar-refractivity contribution in [3.05, 3.63) is 40.6 Å². The predicted molar refractivity (Wildman–Crippen MR) is 83.1 cm³/mol. The summed E-state index contributed by atoms with van der Waals surface area (Å²) in [6.45, 7) is 1.68. The number of halogens is 1. The third kappa shape index (κ3) is 3.30. The first-order valence-electron chi connectivity index (χ1n) is 6.19. The van der Waals surface area contributed by atoms with Gasteiger partial charge in [0.1, 0.15) is 16.2 Å². The number of carbonyl (C=O) groups is 2. The van der Waals surface area contributed by atoms with Gasteiger partial charge in [0.25, 0.3) is 5.91 Å². The van der Waals surface area contributed by atoms with Crippen molar-refractivity contribution in [2.45, 2.75) is 19.4 Å². The summed E-state index contributed by atoms with van der Waals surface area (Å²) in [7, 11) is 0. The van der Waals surface area contributed by atoms with Gasteiger partial charge in [-0.25, -0.2) is 9.18 Å². The van der Waals surface area contributed by atoms with E-state index in [4.69, 9.17) is 17.3 Å². The molecule has 7 heteroatoms. The fraction of sp³-hybridized carbons (Fsp3) is 0.214. The number of carboxylic acids is 1. The lowest BCUT2D eigenvalue weighted by molar-refractivity contribution is -0.145. The standard InChI is InChI=1S/C14H12FNO3S2/c1-2-10(13(18)19)16-12(17)11(21-14(16)20)7-8-3-5-9(15)6-4-8/h3-7,10H,2H2,1H3,(H,18,19)/b11-7-/t10-/m1/s1. The van der Waals surface area contributed by atoms with Gasteiger partial charge in [-0.3, -0.25) is 9.69 Å². The molecule has 0 bridgehead atoms. The number of hydrogen-bond donors (Lipinski definition) is 1. The zero-order valence-electron chi connectivity index (χ0n) is 11.1. The Labute approximate surface area is 130 Å². The number of rotatable bonds is 4. The lowest BCUT2D eigenvalue weighted by Crippen LogP contribution is -2.43. The van der Waals surface area contributed by atoms with Gasteiger partial charge >= 0.3 is 5.97 Å². The largest absolute Gasteiger partial charge is 0.480 e. The van der Waals surface area contributed by atoms with Crippen molar-refractivity contribution in [3.63, 3.8) is 0 Å². The Bertz CT molecular complexity index is 628. The Hall–Kier alpha value is -1.73. The molecule has 1 aromatic carbocycles. The molecule has 1 heterocycles. The Balaban J connectivity index is 2.29. The highest BCUT2D eigenvalue weighted by Crippen LogP contribution is 2.34. The van der Waals surface area contributed by atoms with Crippen LogP contribution in [0.5, 0.6) is 0 Å². The van der Waals surface area contributed by atoms with Gasteiger partial charge in [0, 0.05) is 0 Å². The van der Waals surface area contributed by atoms with Gasteiger partial charge in [-0.15, -0.1) is 0 Å². The zero-order valence-corrected chi connectivity index (χ0v) is 12.7. The van der Waals surface area contributed by atoms with Gasteiger partial charge in [0.15, 0.2) is 0 Å². The number of nitrogens with zero attached hydrogens (tertiary/aromatic N) is 1. The van der Waals surface area contributed by atoms with Gasteiger partial charge in [-0.05, 0) is 30.2 Å². The highest BCUT2D eigenvalue weighted by atomic mass is 32.2. The first kappa shape index (κ1) is 15.7. The third-order valence-electron chi connectivity index (χ3n) is 2.97. The van der Waals surface area contributed by atoms with E-state index >= 15 is 0 Å². The summed E-state index contributed by atoms with van der Waals surface area (Å²) in [6.07, 6.45) is 1.85. The van der Waals surface area contributed by atoms with Crippen LogP contribution in [0.3, 0.4) is 0 Å². The molecule has 1 fully saturated rings. The molecule has 1 N–H and O–H groups in total. The summed E-state index contributed by atoms with van der Waals surface area (Å²) in [5.41, 5.74) is 0.653. The summed E-state index contributed by atoms with van der Waals surface area (Å²) in [5, 5.41) is 9.15. The highest BCUT2D eigenvalue weighted by molar-refractivity contribution is 8.26. The average Bonchev–Trinajstić information content (AvgIpc) is 2.70. The van der Waals surface area contributed by atoms with Gasteiger partial charge in [-0.2, -0.15) is 0 Å². The quantitative estimate of drug-likeness (QED) is 0.681. The first-order valence-corrected chi connectivity index (χ1v) is 7.42. The number of benzene rings is 1. The highest BCUT2D eigenvalue weighted by Gasteiger charge is 2.39. The van der Waals surface area contributed by atoms with E-state index in [-0.39, 0.29) is 16.6 Å². The van der Waals surface area contributed by atoms with Crippen LogP contribution in [0.25, 0.3) is 6.08 Å². The Morgan fingerprint density at radius 1 is 1.48 bits per heavy atom. The van der Waals surface area contributed by atoms with E-state index in [9.17, 15) is 14.0 Å². The lowest BCUT2D eigenvalue weighted by atomic mass is 10.2. The molecular weight excluding hydrogens is 313 g/mol. The van der Waals surface area contributed by atoms with E-state index in [1.165, 1.54) is 24.3 Å². The minimum atomic E-state index is -1.09. The smallest absolute Gasteiger partial charge is 0.326 e. The second-order valence-electron chi connectivity index (χ2n) is 4.37. The molecule has 1 amide bonds. The van der Waals surface area contributed by atoms with Crippen LogP contribution >= 0.6 is 24.0 Å². The minimum absolute atomic E-state index is 0.225. The van der Waals surface area contributed by atoms with E-state index in [1.807, 2.05) is 0 Å². The number of amides is 1. The van der Waals surface area contributed by atoms with Crippen molar-refractivity contribution in [1.29, 1.82) is 0 Å². The minimum Gasteiger partial charge on any atom is -0.480 e. The molecule has 1 aliphatic rings. The molecule has 0 unspecified atom stereocenters. The molecule has 0 saturated carbocycles. The zero-order chi connectivity index (χ0) is 15.6. The maximum absolute atomic E-state index is 12.9. The third-order valence-corrected chi connectivity index (χ3v) is 4.31. The number of hydrogen-bond acceptors (Lipinski definition) is 4. The van der Waals surface area contributed by atoms with Gasteiger partial charge < -0.3 is 5.11 Å². The van der Waals surface area contributed by atoms with Crippen molar-refractivity contribution < 1.29 is 19.1 Å². The van der Waals surface area contributed by atoms with Crippen LogP contribution < -0.4 is 0 Å². The van der Waals surface area contributed by atoms with Crippen LogP contribution in [0.2, 0.25) is 0 Å². The molecule has 1 saturated heterocycles. The number of aliphatic carboxylic acids is 1. The van der Waals surface area contributed by atoms with E-state index in [0.29, 0.717) is 10.5 Å². The van der Waals surface area contributed by atoms with E-state index in [0.717, 1.165) is 16.7 Å². The Morgan fingerprint density at radius 2 is 2.10 bits per heavy atom. The molecule has 0 radical (unpaired) electrons. The molecule has 1 atom stereocenters. The van der Waals surface area contributed by atoms with Crippen LogP contribution in [-0.4, -0.2) is 32.2 Å². The Kier molecular flexibility index (Phi) is 4.74. The number of carbonyl (C=O) groups excluding carboxylic acids is 1. The molecule has 110 valence electrons. The van der Waals surface area contributed by atoms with Crippen molar-refractivity contribution in [2.75, 3.05) is 0 Å². The number of carboxylic acid groups (broad SMARTS) is 1. The molecular formula is C14H12FNO3S2. The molecule has 0 aromatic heterocycles. The topological polar surface area (TPSA) is 57.6 Å². The van der Waals surface area contributed by atoms with E-state index < -0.39 is 17.9 Å². The first-order chi connectivity index (χ1) is 9.93. The van der Waals surface area contributed by atoms with Crippen molar-refractivity contribution in [1.82, 2.24) is 4.90 Å². The van der Waals surface area contributed by atoms with Gasteiger partial charge in [-0.1, -0.05) is 43.0 Å². The molecule has 1 aromatic rings. The van der Waals surface area contributed by atoms with Crippen LogP contribution in [0.1, 0.15) is 18.9 Å². The maximum Gasteiger partial charge on any atom is 0.326 e. The van der Waals surface area contributed by atoms with Crippen LogP contribution in [0.15, 0.2) is 29.2 Å². The maximum atomic E-state index is 12.9. The van der Waals surface area contributed by atoms with Crippen molar-refractivity contribution >= 4 is 46.3 Å². The fourth-order valence-corrected chi connectivity index (χ4v) is 3.28. The summed E-state index contributed by atoms with van der Waals surface area (Å²) in [6, 6.07) is 4.70. The number of thiocarbonyl (C=S) groups is 1. The van der Waals surface area contributed by atoms with E-state index in [1.54, 1.807) is 13.0 Å². The van der Waals surface area contributed by atoms with Crippen LogP contribution in [0.4, 0.5) is 4.39 Å². The van der Waals surface area contributed by atoms with Gasteiger partial charge in [0.05, 0.1) is 4.91 Å². The summed E-state index contributed by atoms with van der Waals surface area (Å²) in [5.74, 6) is -1.88. The molecule has 1 aliphatic heterocycles. The summed E-state index contributed by atoms with van der Waals surface area (Å²) in [4.78, 5) is 25.0. The second-order valence-corrected chi connectivity index (χ2v) is 6.04. The lowest BCUT2D eigenvalue weighted by Gasteiger charge is -2.21. The number of thioether (sulfide) groups is 1. The van der Waals surface area contributed by atoms with Crippen LogP contribution in [0, 0.1) is 5.82 Å². The summed E-state index contributed by atoms with van der Waals surface area (Å²) >= 11 is 6.15. The SMILES string of the molecule is CC[C@H](C(=O)O)N1C(=O)/C(=C/c2ccc(F)cc2)SC1=S. The average molecular weight is 325 g/mol. The normalized spacial score (nSPS) is 18.4. The monoisotopic (exact) mass is 325 g/mol. The van der Waals surface area contributed by atoms with Crippen molar-refractivity contribution in [3.8, 4) is 0 Å². The van der Waals surface area contributed by atoms with Crippen molar-refractivity contribution in [2.24, 2.45) is 0 Å². The van der Waals surface area contributed by atoms with E-state index in [2.05, 4.69) is 0 Å². The molecule has 0 aliphatic carbocycles. The summed E-state index contributed by atoms with van der Waals surface area (Å²) < 4.78 is 13.1. The molecule has 0 spiro atoms. The molecule has 4 nitrogen and oxygen atoms in total. The molecule has 21 heavy (non-hydrogen) atoms. The van der Waals surface area contributed by atoms with Crippen LogP contribution in [-0.2, 0) is 9.59 Å². The Morgan fingerprint density at radius 3 is 2.62 bits per heavy atom. The van der Waals surface area contributed by atoms with Gasteiger partial charge in [0.2, 0.25) is 0 Å². The molecule has 2 rings (SSSR count).